The van der Waals surface area contributed by atoms with E-state index in [-0.39, 0.29) is 0 Å². The number of hydrogen-bond acceptors (Lipinski definition) is 4. The average Bonchev–Trinajstić information content (AvgIpc) is 2.28. The fourth-order valence-electron chi connectivity index (χ4n) is 1.41. The van der Waals surface area contributed by atoms with Gasteiger partial charge in [-0.15, -0.1) is 0 Å². The van der Waals surface area contributed by atoms with E-state index in [0.29, 0.717) is 26.3 Å². The van der Waals surface area contributed by atoms with Gasteiger partial charge in [0.15, 0.2) is 0 Å². The average molecular weight is 245 g/mol. The summed E-state index contributed by atoms with van der Waals surface area (Å²) in [5.74, 6) is -2.06. The van der Waals surface area contributed by atoms with Gasteiger partial charge in [0.25, 0.3) is 0 Å². The number of amides is 3. The lowest BCUT2D eigenvalue weighted by atomic mass is 10.2. The van der Waals surface area contributed by atoms with E-state index in [2.05, 4.69) is 5.32 Å². The van der Waals surface area contributed by atoms with Gasteiger partial charge in [-0.2, -0.15) is 0 Å². The molecule has 0 saturated carbocycles. The lowest BCUT2D eigenvalue weighted by Gasteiger charge is -2.28. The zero-order valence-corrected chi connectivity index (χ0v) is 9.22. The molecule has 1 aliphatic rings. The normalized spacial score (nSPS) is 17.3. The Morgan fingerprint density at radius 3 is 2.41 bits per heavy atom. The number of aliphatic carboxylic acids is 1. The lowest BCUT2D eigenvalue weighted by Crippen LogP contribution is -2.52. The minimum Gasteiger partial charge on any atom is -0.480 e. The number of primary amides is 1. The SMILES string of the molecule is NC(=O)C[C@@H](NC(=O)N1CCOCC1)C(=O)O. The van der Waals surface area contributed by atoms with Gasteiger partial charge in [0, 0.05) is 13.1 Å². The Kier molecular flexibility index (Phi) is 4.70. The molecule has 0 aromatic rings. The molecule has 96 valence electrons. The molecule has 0 radical (unpaired) electrons. The van der Waals surface area contributed by atoms with Crippen molar-refractivity contribution in [3.8, 4) is 0 Å². The van der Waals surface area contributed by atoms with Crippen LogP contribution < -0.4 is 11.1 Å². The number of carboxylic acids is 1. The quantitative estimate of drug-likeness (QED) is 0.548. The number of ether oxygens (including phenoxy) is 1. The summed E-state index contributed by atoms with van der Waals surface area (Å²) in [4.78, 5) is 34.5. The standard InChI is InChI=1S/C9H15N3O5/c10-7(13)5-6(8(14)15)11-9(16)12-1-3-17-4-2-12/h6H,1-5H2,(H2,10,13)(H,11,16)(H,14,15)/t6-/m1/s1. The maximum Gasteiger partial charge on any atom is 0.326 e. The summed E-state index contributed by atoms with van der Waals surface area (Å²) >= 11 is 0. The second-order valence-electron chi connectivity index (χ2n) is 3.61. The summed E-state index contributed by atoms with van der Waals surface area (Å²) in [6, 6.07) is -1.82. The van der Waals surface area contributed by atoms with E-state index in [9.17, 15) is 14.4 Å². The molecule has 8 nitrogen and oxygen atoms in total. The van der Waals surface area contributed by atoms with Crippen molar-refractivity contribution in [2.75, 3.05) is 26.3 Å². The van der Waals surface area contributed by atoms with E-state index in [4.69, 9.17) is 15.6 Å². The van der Waals surface area contributed by atoms with Crippen LogP contribution >= 0.6 is 0 Å². The fraction of sp³-hybridized carbons (Fsp3) is 0.667. The van der Waals surface area contributed by atoms with Gasteiger partial charge in [-0.05, 0) is 0 Å². The second-order valence-corrected chi connectivity index (χ2v) is 3.61. The molecule has 0 aromatic carbocycles. The molecule has 1 saturated heterocycles. The van der Waals surface area contributed by atoms with E-state index in [1.165, 1.54) is 4.90 Å². The van der Waals surface area contributed by atoms with Gasteiger partial charge in [0.2, 0.25) is 5.91 Å². The molecule has 4 N–H and O–H groups in total. The third-order valence-electron chi connectivity index (χ3n) is 2.30. The summed E-state index contributed by atoms with van der Waals surface area (Å²) in [6.07, 6.45) is -0.425. The first-order chi connectivity index (χ1) is 8.00. The predicted molar refractivity (Wildman–Crippen MR) is 56.2 cm³/mol. The van der Waals surface area contributed by atoms with Gasteiger partial charge >= 0.3 is 12.0 Å². The number of carbonyl (C=O) groups excluding carboxylic acids is 2. The number of morpholine rings is 1. The molecule has 17 heavy (non-hydrogen) atoms. The summed E-state index contributed by atoms with van der Waals surface area (Å²) in [5, 5.41) is 11.1. The molecule has 1 atom stereocenters. The highest BCUT2D eigenvalue weighted by molar-refractivity contribution is 5.87. The Labute approximate surface area is 97.7 Å². The Morgan fingerprint density at radius 1 is 1.35 bits per heavy atom. The largest absolute Gasteiger partial charge is 0.480 e. The van der Waals surface area contributed by atoms with E-state index >= 15 is 0 Å². The smallest absolute Gasteiger partial charge is 0.326 e. The monoisotopic (exact) mass is 245 g/mol. The first-order valence-corrected chi connectivity index (χ1v) is 5.15. The first kappa shape index (κ1) is 13.2. The van der Waals surface area contributed by atoms with Gasteiger partial charge in [0.1, 0.15) is 6.04 Å². The third kappa shape index (κ3) is 4.27. The highest BCUT2D eigenvalue weighted by atomic mass is 16.5. The second kappa shape index (κ2) is 6.04. The maximum atomic E-state index is 11.6. The number of rotatable bonds is 4. The topological polar surface area (TPSA) is 122 Å². The molecule has 0 aliphatic carbocycles. The zero-order chi connectivity index (χ0) is 12.8. The summed E-state index contributed by atoms with van der Waals surface area (Å²) < 4.78 is 5.05. The number of nitrogens with two attached hydrogens (primary N) is 1. The molecule has 1 fully saturated rings. The number of carbonyl (C=O) groups is 3. The minimum absolute atomic E-state index is 0.398. The van der Waals surface area contributed by atoms with Crippen molar-refractivity contribution >= 4 is 17.9 Å². The van der Waals surface area contributed by atoms with E-state index < -0.39 is 30.4 Å². The van der Waals surface area contributed by atoms with Gasteiger partial charge < -0.3 is 25.8 Å². The minimum atomic E-state index is -1.29. The molecule has 0 aromatic heterocycles. The molecule has 0 unspecified atom stereocenters. The van der Waals surface area contributed by atoms with Crippen molar-refractivity contribution in [1.82, 2.24) is 10.2 Å². The number of nitrogens with one attached hydrogen (secondary N) is 1. The van der Waals surface area contributed by atoms with Crippen LogP contribution in [-0.4, -0.2) is 60.3 Å². The molecule has 1 aliphatic heterocycles. The Hall–Kier alpha value is -1.83. The van der Waals surface area contributed by atoms with Gasteiger partial charge in [0.05, 0.1) is 19.6 Å². The van der Waals surface area contributed by atoms with E-state index in [1.807, 2.05) is 0 Å². The van der Waals surface area contributed by atoms with Crippen molar-refractivity contribution in [3.63, 3.8) is 0 Å². The molecule has 1 rings (SSSR count). The van der Waals surface area contributed by atoms with Crippen molar-refractivity contribution in [2.24, 2.45) is 5.73 Å². The number of nitrogens with zero attached hydrogens (tertiary/aromatic N) is 1. The van der Waals surface area contributed by atoms with Gasteiger partial charge in [-0.1, -0.05) is 0 Å². The molecular formula is C9H15N3O5. The Bertz CT molecular complexity index is 314. The van der Waals surface area contributed by atoms with Crippen molar-refractivity contribution in [1.29, 1.82) is 0 Å². The van der Waals surface area contributed by atoms with Crippen LogP contribution in [-0.2, 0) is 14.3 Å². The number of urea groups is 1. The number of hydrogen-bond donors (Lipinski definition) is 3. The summed E-state index contributed by atoms with van der Waals surface area (Å²) in [5.41, 5.74) is 4.90. The zero-order valence-electron chi connectivity index (χ0n) is 9.22. The van der Waals surface area contributed by atoms with Crippen LogP contribution in [0.4, 0.5) is 4.79 Å². The summed E-state index contributed by atoms with van der Waals surface area (Å²) in [6.45, 7) is 1.63. The van der Waals surface area contributed by atoms with Crippen molar-refractivity contribution in [3.05, 3.63) is 0 Å². The van der Waals surface area contributed by atoms with Crippen molar-refractivity contribution in [2.45, 2.75) is 12.5 Å². The van der Waals surface area contributed by atoms with Crippen LogP contribution in [0.1, 0.15) is 6.42 Å². The van der Waals surface area contributed by atoms with E-state index in [1.54, 1.807) is 0 Å². The molecule has 0 spiro atoms. The Morgan fingerprint density at radius 2 is 1.94 bits per heavy atom. The molecule has 8 heteroatoms. The van der Waals surface area contributed by atoms with Crippen LogP contribution in [0.15, 0.2) is 0 Å². The lowest BCUT2D eigenvalue weighted by molar-refractivity contribution is -0.141. The Balaban J connectivity index is 2.50. The van der Waals surface area contributed by atoms with Gasteiger partial charge in [-0.3, -0.25) is 4.79 Å². The van der Waals surface area contributed by atoms with Crippen molar-refractivity contribution < 1.29 is 24.2 Å². The molecular weight excluding hydrogens is 230 g/mol. The third-order valence-corrected chi connectivity index (χ3v) is 2.30. The first-order valence-electron chi connectivity index (χ1n) is 5.15. The molecule has 1 heterocycles. The number of carboxylic acid groups (broad SMARTS) is 1. The van der Waals surface area contributed by atoms with Crippen LogP contribution in [0.2, 0.25) is 0 Å². The molecule has 0 bridgehead atoms. The highest BCUT2D eigenvalue weighted by Crippen LogP contribution is 1.99. The highest BCUT2D eigenvalue weighted by Gasteiger charge is 2.25. The van der Waals surface area contributed by atoms with Crippen LogP contribution in [0.25, 0.3) is 0 Å². The summed E-state index contributed by atoms with van der Waals surface area (Å²) in [7, 11) is 0. The predicted octanol–water partition coefficient (Wildman–Crippen LogP) is -1.64. The van der Waals surface area contributed by atoms with Crippen LogP contribution in [0.5, 0.6) is 0 Å². The van der Waals surface area contributed by atoms with Crippen LogP contribution in [0, 0.1) is 0 Å². The fourth-order valence-corrected chi connectivity index (χ4v) is 1.41. The van der Waals surface area contributed by atoms with Crippen LogP contribution in [0.3, 0.4) is 0 Å². The maximum absolute atomic E-state index is 11.6. The van der Waals surface area contributed by atoms with Gasteiger partial charge in [-0.25, -0.2) is 9.59 Å². The van der Waals surface area contributed by atoms with E-state index in [0.717, 1.165) is 0 Å². The molecule has 3 amide bonds.